The van der Waals surface area contributed by atoms with Crippen molar-refractivity contribution in [2.75, 3.05) is 4.72 Å². The molecule has 0 saturated heterocycles. The number of anilines is 1. The molecule has 20 heavy (non-hydrogen) atoms. The van der Waals surface area contributed by atoms with E-state index in [-0.39, 0.29) is 10.6 Å². The van der Waals surface area contributed by atoms with Crippen LogP contribution in [0.1, 0.15) is 11.1 Å². The highest BCUT2D eigenvalue weighted by Crippen LogP contribution is 2.20. The van der Waals surface area contributed by atoms with E-state index in [1.165, 1.54) is 30.3 Å². The number of aryl methyl sites for hydroxylation is 1. The summed E-state index contributed by atoms with van der Waals surface area (Å²) in [6.45, 7) is 2.12. The molecular weight excluding hydrogens is 279 g/mol. The Hall–Kier alpha value is -1.92. The minimum Gasteiger partial charge on any atom is -0.326 e. The molecule has 0 aromatic heterocycles. The number of nitrogens with two attached hydrogens (primary N) is 1. The van der Waals surface area contributed by atoms with Gasteiger partial charge in [0, 0.05) is 6.54 Å². The van der Waals surface area contributed by atoms with Gasteiger partial charge in [0.2, 0.25) is 0 Å². The molecule has 2 rings (SSSR count). The summed E-state index contributed by atoms with van der Waals surface area (Å²) in [4.78, 5) is 0.0791. The Bertz CT molecular complexity index is 730. The quantitative estimate of drug-likeness (QED) is 0.909. The monoisotopic (exact) mass is 294 g/mol. The third-order valence-corrected chi connectivity index (χ3v) is 4.33. The summed E-state index contributed by atoms with van der Waals surface area (Å²) in [6, 6.07) is 10.3. The normalized spacial score (nSPS) is 11.3. The number of nitrogens with one attached hydrogen (secondary N) is 1. The van der Waals surface area contributed by atoms with Crippen molar-refractivity contribution >= 4 is 15.7 Å². The Kier molecular flexibility index (Phi) is 4.06. The average molecular weight is 294 g/mol. The first-order chi connectivity index (χ1) is 9.44. The minimum atomic E-state index is -3.81. The van der Waals surface area contributed by atoms with E-state index in [0.29, 0.717) is 6.54 Å². The lowest BCUT2D eigenvalue weighted by Crippen LogP contribution is -2.14. The molecule has 0 fully saturated rings. The van der Waals surface area contributed by atoms with Crippen LogP contribution in [-0.2, 0) is 16.6 Å². The molecule has 0 aliphatic rings. The Labute approximate surface area is 117 Å². The highest BCUT2D eigenvalue weighted by atomic mass is 32.2. The number of halogens is 1. The predicted molar refractivity (Wildman–Crippen MR) is 76.3 cm³/mol. The molecule has 0 atom stereocenters. The number of hydrogen-bond acceptors (Lipinski definition) is 3. The van der Waals surface area contributed by atoms with Gasteiger partial charge in [-0.1, -0.05) is 18.2 Å². The molecule has 0 aliphatic heterocycles. The first-order valence-electron chi connectivity index (χ1n) is 6.01. The standard InChI is InChI=1S/C14H15FN2O2S/c1-10-8-12(7-6-11(10)9-16)20(18,19)17-14-5-3-2-4-13(14)15/h2-8,17H,9,16H2,1H3. The van der Waals surface area contributed by atoms with Gasteiger partial charge in [0.15, 0.2) is 0 Å². The first-order valence-corrected chi connectivity index (χ1v) is 7.49. The molecule has 0 unspecified atom stereocenters. The van der Waals surface area contributed by atoms with Crippen LogP contribution in [-0.4, -0.2) is 8.42 Å². The van der Waals surface area contributed by atoms with Crippen molar-refractivity contribution in [2.45, 2.75) is 18.4 Å². The fourth-order valence-corrected chi connectivity index (χ4v) is 2.96. The summed E-state index contributed by atoms with van der Waals surface area (Å²) in [5.41, 5.74) is 7.11. The van der Waals surface area contributed by atoms with Gasteiger partial charge in [-0.25, -0.2) is 12.8 Å². The number of para-hydroxylation sites is 1. The molecular formula is C14H15FN2O2S. The SMILES string of the molecule is Cc1cc(S(=O)(=O)Nc2ccccc2F)ccc1CN. The third kappa shape index (κ3) is 2.97. The summed E-state index contributed by atoms with van der Waals surface area (Å²) < 4.78 is 40.1. The van der Waals surface area contributed by atoms with Crippen LogP contribution in [0.5, 0.6) is 0 Å². The lowest BCUT2D eigenvalue weighted by molar-refractivity contribution is 0.598. The predicted octanol–water partition coefficient (Wildman–Crippen LogP) is 2.39. The molecule has 0 heterocycles. The summed E-state index contributed by atoms with van der Waals surface area (Å²) in [7, 11) is -3.81. The average Bonchev–Trinajstić information content (AvgIpc) is 2.41. The van der Waals surface area contributed by atoms with Gasteiger partial charge >= 0.3 is 0 Å². The van der Waals surface area contributed by atoms with E-state index in [0.717, 1.165) is 11.1 Å². The lowest BCUT2D eigenvalue weighted by Gasteiger charge is -2.10. The van der Waals surface area contributed by atoms with E-state index < -0.39 is 15.8 Å². The van der Waals surface area contributed by atoms with Gasteiger partial charge in [0.05, 0.1) is 10.6 Å². The molecule has 3 N–H and O–H groups in total. The summed E-state index contributed by atoms with van der Waals surface area (Å²) >= 11 is 0. The number of hydrogen-bond donors (Lipinski definition) is 2. The fraction of sp³-hybridized carbons (Fsp3) is 0.143. The Morgan fingerprint density at radius 3 is 2.50 bits per heavy atom. The molecule has 0 radical (unpaired) electrons. The topological polar surface area (TPSA) is 72.2 Å². The van der Waals surface area contributed by atoms with E-state index in [4.69, 9.17) is 5.73 Å². The van der Waals surface area contributed by atoms with Gasteiger partial charge in [-0.15, -0.1) is 0 Å². The molecule has 0 spiro atoms. The maximum atomic E-state index is 13.5. The van der Waals surface area contributed by atoms with E-state index >= 15 is 0 Å². The van der Waals surface area contributed by atoms with Crippen molar-refractivity contribution in [3.05, 3.63) is 59.4 Å². The van der Waals surface area contributed by atoms with Crippen molar-refractivity contribution in [1.82, 2.24) is 0 Å². The number of rotatable bonds is 4. The summed E-state index contributed by atoms with van der Waals surface area (Å²) in [5.74, 6) is -0.619. The zero-order valence-electron chi connectivity index (χ0n) is 10.9. The summed E-state index contributed by atoms with van der Waals surface area (Å²) in [5, 5.41) is 0. The highest BCUT2D eigenvalue weighted by molar-refractivity contribution is 7.92. The molecule has 2 aromatic rings. The Morgan fingerprint density at radius 2 is 1.90 bits per heavy atom. The second-order valence-corrected chi connectivity index (χ2v) is 6.06. The molecule has 0 aliphatic carbocycles. The largest absolute Gasteiger partial charge is 0.326 e. The van der Waals surface area contributed by atoms with Gasteiger partial charge in [-0.2, -0.15) is 0 Å². The van der Waals surface area contributed by atoms with Gasteiger partial charge in [0.25, 0.3) is 10.0 Å². The third-order valence-electron chi connectivity index (χ3n) is 2.96. The second-order valence-electron chi connectivity index (χ2n) is 4.38. The van der Waals surface area contributed by atoms with Gasteiger partial charge in [-0.05, 0) is 42.3 Å². The Balaban J connectivity index is 2.36. The highest BCUT2D eigenvalue weighted by Gasteiger charge is 2.16. The van der Waals surface area contributed by atoms with E-state index in [1.54, 1.807) is 19.1 Å². The van der Waals surface area contributed by atoms with E-state index in [2.05, 4.69) is 4.72 Å². The molecule has 4 nitrogen and oxygen atoms in total. The van der Waals surface area contributed by atoms with Crippen LogP contribution in [0.2, 0.25) is 0 Å². The van der Waals surface area contributed by atoms with Crippen LogP contribution in [0.25, 0.3) is 0 Å². The number of sulfonamides is 1. The first kappa shape index (κ1) is 14.5. The van der Waals surface area contributed by atoms with Crippen LogP contribution in [0.4, 0.5) is 10.1 Å². The summed E-state index contributed by atoms with van der Waals surface area (Å²) in [6.07, 6.45) is 0. The number of benzene rings is 2. The fourth-order valence-electron chi connectivity index (χ4n) is 1.81. The van der Waals surface area contributed by atoms with Crippen molar-refractivity contribution < 1.29 is 12.8 Å². The maximum Gasteiger partial charge on any atom is 0.261 e. The van der Waals surface area contributed by atoms with Crippen LogP contribution in [0.3, 0.4) is 0 Å². The zero-order chi connectivity index (χ0) is 14.8. The molecule has 0 saturated carbocycles. The van der Waals surface area contributed by atoms with Gasteiger partial charge in [-0.3, -0.25) is 4.72 Å². The zero-order valence-corrected chi connectivity index (χ0v) is 11.7. The van der Waals surface area contributed by atoms with Crippen LogP contribution < -0.4 is 10.5 Å². The van der Waals surface area contributed by atoms with E-state index in [9.17, 15) is 12.8 Å². The Morgan fingerprint density at radius 1 is 1.20 bits per heavy atom. The van der Waals surface area contributed by atoms with Crippen molar-refractivity contribution in [3.63, 3.8) is 0 Å². The van der Waals surface area contributed by atoms with E-state index in [1.807, 2.05) is 0 Å². The smallest absolute Gasteiger partial charge is 0.261 e. The lowest BCUT2D eigenvalue weighted by atomic mass is 10.1. The molecule has 6 heteroatoms. The molecule has 2 aromatic carbocycles. The van der Waals surface area contributed by atoms with Crippen molar-refractivity contribution in [2.24, 2.45) is 5.73 Å². The molecule has 0 amide bonds. The van der Waals surface area contributed by atoms with Crippen LogP contribution in [0.15, 0.2) is 47.4 Å². The van der Waals surface area contributed by atoms with Gasteiger partial charge < -0.3 is 5.73 Å². The van der Waals surface area contributed by atoms with Gasteiger partial charge in [0.1, 0.15) is 5.82 Å². The second kappa shape index (κ2) is 5.60. The van der Waals surface area contributed by atoms with Crippen LogP contribution >= 0.6 is 0 Å². The van der Waals surface area contributed by atoms with Crippen molar-refractivity contribution in [3.8, 4) is 0 Å². The molecule has 106 valence electrons. The van der Waals surface area contributed by atoms with Crippen LogP contribution in [0, 0.1) is 12.7 Å². The maximum absolute atomic E-state index is 13.5. The molecule has 0 bridgehead atoms. The van der Waals surface area contributed by atoms with Crippen molar-refractivity contribution in [1.29, 1.82) is 0 Å². The minimum absolute atomic E-state index is 0.0759.